The second-order valence-corrected chi connectivity index (χ2v) is 5.84. The second kappa shape index (κ2) is 4.88. The Balaban J connectivity index is 2.22. The van der Waals surface area contributed by atoms with Crippen LogP contribution in [-0.4, -0.2) is 47.6 Å². The van der Waals surface area contributed by atoms with E-state index in [1.165, 1.54) is 0 Å². The lowest BCUT2D eigenvalue weighted by Gasteiger charge is -2.42. The number of aliphatic carboxylic acids is 1. The number of hydrogen-bond acceptors (Lipinski definition) is 3. The van der Waals surface area contributed by atoms with E-state index in [0.717, 1.165) is 25.8 Å². The van der Waals surface area contributed by atoms with Gasteiger partial charge in [-0.15, -0.1) is 0 Å². The third-order valence-corrected chi connectivity index (χ3v) is 4.23. The van der Waals surface area contributed by atoms with Crippen LogP contribution in [0.3, 0.4) is 0 Å². The zero-order valence-electron chi connectivity index (χ0n) is 11.1. The summed E-state index contributed by atoms with van der Waals surface area (Å²) in [6, 6.07) is -0.685. The van der Waals surface area contributed by atoms with Crippen molar-refractivity contribution in [1.29, 1.82) is 0 Å². The Kier molecular flexibility index (Phi) is 3.61. The first-order chi connectivity index (χ1) is 8.48. The van der Waals surface area contributed by atoms with Crippen LogP contribution in [0.1, 0.15) is 33.1 Å². The number of carboxylic acids is 1. The van der Waals surface area contributed by atoms with E-state index in [1.54, 1.807) is 4.90 Å². The molecule has 2 fully saturated rings. The predicted molar refractivity (Wildman–Crippen MR) is 67.1 cm³/mol. The number of nitrogens with zero attached hydrogens (tertiary/aromatic N) is 1. The fourth-order valence-electron chi connectivity index (χ4n) is 3.28. The lowest BCUT2D eigenvalue weighted by molar-refractivity contribution is -0.160. The molecule has 0 unspecified atom stereocenters. The Hall–Kier alpha value is -1.10. The molecule has 0 aromatic carbocycles. The van der Waals surface area contributed by atoms with Gasteiger partial charge in [-0.2, -0.15) is 0 Å². The van der Waals surface area contributed by atoms with Crippen molar-refractivity contribution in [2.75, 3.05) is 19.6 Å². The van der Waals surface area contributed by atoms with Gasteiger partial charge in [0.05, 0.1) is 5.41 Å². The van der Waals surface area contributed by atoms with Crippen molar-refractivity contribution in [2.45, 2.75) is 39.2 Å². The largest absolute Gasteiger partial charge is 0.480 e. The third-order valence-electron chi connectivity index (χ3n) is 4.23. The maximum absolute atomic E-state index is 12.6. The number of amides is 1. The number of likely N-dealkylation sites (tertiary alicyclic amines) is 1. The summed E-state index contributed by atoms with van der Waals surface area (Å²) in [6.45, 7) is 5.86. The molecule has 0 aromatic rings. The molecule has 2 aliphatic heterocycles. The lowest BCUT2D eigenvalue weighted by atomic mass is 9.77. The van der Waals surface area contributed by atoms with Crippen molar-refractivity contribution in [3.8, 4) is 0 Å². The predicted octanol–water partition coefficient (Wildman–Crippen LogP) is 0.698. The Labute approximate surface area is 108 Å². The average Bonchev–Trinajstić information content (AvgIpc) is 2.73. The zero-order chi connectivity index (χ0) is 13.3. The van der Waals surface area contributed by atoms with Gasteiger partial charge in [0.15, 0.2) is 0 Å². The molecule has 5 heteroatoms. The van der Waals surface area contributed by atoms with Crippen molar-refractivity contribution in [3.63, 3.8) is 0 Å². The van der Waals surface area contributed by atoms with E-state index < -0.39 is 12.0 Å². The molecule has 0 radical (unpaired) electrons. The summed E-state index contributed by atoms with van der Waals surface area (Å²) in [7, 11) is 0. The van der Waals surface area contributed by atoms with Crippen molar-refractivity contribution >= 4 is 11.9 Å². The van der Waals surface area contributed by atoms with Crippen molar-refractivity contribution in [3.05, 3.63) is 0 Å². The first-order valence-electron chi connectivity index (χ1n) is 6.72. The van der Waals surface area contributed by atoms with E-state index >= 15 is 0 Å². The van der Waals surface area contributed by atoms with E-state index in [-0.39, 0.29) is 17.2 Å². The normalized spacial score (nSPS) is 30.2. The van der Waals surface area contributed by atoms with Crippen LogP contribution in [0.25, 0.3) is 0 Å². The molecule has 2 rings (SSSR count). The fourth-order valence-corrected chi connectivity index (χ4v) is 3.28. The SMILES string of the molecule is CC(C)[C@@H](C(=O)O)N1CCC[C@@]2(CCNC2)C1=O. The van der Waals surface area contributed by atoms with Crippen molar-refractivity contribution in [1.82, 2.24) is 10.2 Å². The summed E-state index contributed by atoms with van der Waals surface area (Å²) < 4.78 is 0. The Morgan fingerprint density at radius 1 is 1.44 bits per heavy atom. The number of rotatable bonds is 3. The zero-order valence-corrected chi connectivity index (χ0v) is 11.1. The number of carboxylic acid groups (broad SMARTS) is 1. The Bertz CT molecular complexity index is 348. The Morgan fingerprint density at radius 3 is 2.67 bits per heavy atom. The van der Waals surface area contributed by atoms with Crippen LogP contribution >= 0.6 is 0 Å². The highest BCUT2D eigenvalue weighted by Gasteiger charge is 2.48. The molecular formula is C13H22N2O3. The van der Waals surface area contributed by atoms with Gasteiger partial charge in [0, 0.05) is 13.1 Å². The van der Waals surface area contributed by atoms with Crippen LogP contribution in [0.4, 0.5) is 0 Å². The van der Waals surface area contributed by atoms with Gasteiger partial charge in [-0.05, 0) is 31.7 Å². The van der Waals surface area contributed by atoms with Gasteiger partial charge in [-0.3, -0.25) is 4.79 Å². The number of carbonyl (C=O) groups excluding carboxylic acids is 1. The Morgan fingerprint density at radius 2 is 2.17 bits per heavy atom. The molecule has 2 saturated heterocycles. The topological polar surface area (TPSA) is 69.6 Å². The molecule has 5 nitrogen and oxygen atoms in total. The van der Waals surface area contributed by atoms with Gasteiger partial charge in [0.25, 0.3) is 0 Å². The van der Waals surface area contributed by atoms with Crippen LogP contribution in [0.2, 0.25) is 0 Å². The first-order valence-corrected chi connectivity index (χ1v) is 6.72. The summed E-state index contributed by atoms with van der Waals surface area (Å²) in [4.78, 5) is 25.6. The number of hydrogen-bond donors (Lipinski definition) is 2. The van der Waals surface area contributed by atoms with Crippen molar-refractivity contribution in [2.24, 2.45) is 11.3 Å². The molecule has 18 heavy (non-hydrogen) atoms. The van der Waals surface area contributed by atoms with E-state index in [9.17, 15) is 14.7 Å². The molecular weight excluding hydrogens is 232 g/mol. The lowest BCUT2D eigenvalue weighted by Crippen LogP contribution is -2.57. The second-order valence-electron chi connectivity index (χ2n) is 5.84. The minimum atomic E-state index is -0.888. The molecule has 1 amide bonds. The molecule has 0 aliphatic carbocycles. The molecule has 2 aliphatic rings. The van der Waals surface area contributed by atoms with Gasteiger partial charge in [0.1, 0.15) is 6.04 Å². The minimum Gasteiger partial charge on any atom is -0.480 e. The molecule has 2 N–H and O–H groups in total. The minimum absolute atomic E-state index is 0.0415. The highest BCUT2D eigenvalue weighted by Crippen LogP contribution is 2.38. The van der Waals surface area contributed by atoms with E-state index in [1.807, 2.05) is 13.8 Å². The van der Waals surface area contributed by atoms with Gasteiger partial charge < -0.3 is 15.3 Å². The number of nitrogens with one attached hydrogen (secondary N) is 1. The molecule has 2 heterocycles. The highest BCUT2D eigenvalue weighted by molar-refractivity contribution is 5.88. The summed E-state index contributed by atoms with van der Waals surface area (Å²) in [6.07, 6.45) is 2.64. The van der Waals surface area contributed by atoms with E-state index in [2.05, 4.69) is 5.32 Å². The van der Waals surface area contributed by atoms with Gasteiger partial charge in [-0.25, -0.2) is 4.79 Å². The van der Waals surface area contributed by atoms with Crippen LogP contribution in [0.5, 0.6) is 0 Å². The molecule has 0 saturated carbocycles. The monoisotopic (exact) mass is 254 g/mol. The molecule has 0 bridgehead atoms. The summed E-state index contributed by atoms with van der Waals surface area (Å²) in [5, 5.41) is 12.6. The van der Waals surface area contributed by atoms with Gasteiger partial charge in [-0.1, -0.05) is 13.8 Å². The molecule has 0 aromatic heterocycles. The van der Waals surface area contributed by atoms with Gasteiger partial charge in [0.2, 0.25) is 5.91 Å². The van der Waals surface area contributed by atoms with E-state index in [0.29, 0.717) is 13.1 Å². The standard InChI is InChI=1S/C13H22N2O3/c1-9(2)10(11(16)17)15-7-3-4-13(12(15)18)5-6-14-8-13/h9-10,14H,3-8H2,1-2H3,(H,16,17)/t10-,13-/m0/s1. The van der Waals surface area contributed by atoms with Crippen LogP contribution in [0, 0.1) is 11.3 Å². The quantitative estimate of drug-likeness (QED) is 0.778. The summed E-state index contributed by atoms with van der Waals surface area (Å²) in [5.41, 5.74) is -0.332. The highest BCUT2D eigenvalue weighted by atomic mass is 16.4. The fraction of sp³-hybridized carbons (Fsp3) is 0.846. The van der Waals surface area contributed by atoms with Crippen molar-refractivity contribution < 1.29 is 14.7 Å². The smallest absolute Gasteiger partial charge is 0.326 e. The summed E-state index contributed by atoms with van der Waals surface area (Å²) in [5.74, 6) is -0.905. The van der Waals surface area contributed by atoms with Crippen LogP contribution in [0.15, 0.2) is 0 Å². The van der Waals surface area contributed by atoms with Gasteiger partial charge >= 0.3 is 5.97 Å². The van der Waals surface area contributed by atoms with E-state index in [4.69, 9.17) is 0 Å². The molecule has 1 spiro atoms. The maximum Gasteiger partial charge on any atom is 0.326 e. The van der Waals surface area contributed by atoms with Crippen LogP contribution in [-0.2, 0) is 9.59 Å². The third kappa shape index (κ3) is 2.11. The number of piperidine rings is 1. The average molecular weight is 254 g/mol. The number of carbonyl (C=O) groups is 2. The first kappa shape index (κ1) is 13.3. The van der Waals surface area contributed by atoms with Crippen LogP contribution < -0.4 is 5.32 Å². The summed E-state index contributed by atoms with van der Waals surface area (Å²) >= 11 is 0. The maximum atomic E-state index is 12.6. The molecule has 102 valence electrons. The molecule has 2 atom stereocenters.